The first-order valence-electron chi connectivity index (χ1n) is 8.92. The number of carbonyl (C=O) groups is 1. The maximum atomic E-state index is 12.8. The molecule has 6 nitrogen and oxygen atoms in total. The molecule has 0 radical (unpaired) electrons. The van der Waals surface area contributed by atoms with E-state index in [0.717, 1.165) is 18.7 Å². The third kappa shape index (κ3) is 4.82. The highest BCUT2D eigenvalue weighted by molar-refractivity contribution is 5.94. The molecule has 1 aliphatic heterocycles. The van der Waals surface area contributed by atoms with E-state index in [-0.39, 0.29) is 17.6 Å². The van der Waals surface area contributed by atoms with Crippen molar-refractivity contribution in [1.29, 1.82) is 0 Å². The molecule has 1 saturated heterocycles. The second-order valence-corrected chi connectivity index (χ2v) is 6.47. The second-order valence-electron chi connectivity index (χ2n) is 6.47. The summed E-state index contributed by atoms with van der Waals surface area (Å²) in [7, 11) is 1.66. The number of carbonyl (C=O) groups excluding carboxylic acids is 1. The average molecular weight is 379 g/mol. The molecular weight excluding hydrogens is 356 g/mol. The van der Waals surface area contributed by atoms with Gasteiger partial charge in [0.15, 0.2) is 0 Å². The van der Waals surface area contributed by atoms with Crippen molar-refractivity contribution in [3.05, 3.63) is 48.0 Å². The molecule has 3 rings (SSSR count). The smallest absolute Gasteiger partial charge is 0.387 e. The first kappa shape index (κ1) is 19.3. The molecule has 0 aliphatic carbocycles. The Labute approximate surface area is 156 Å². The molecule has 1 fully saturated rings. The zero-order valence-electron chi connectivity index (χ0n) is 15.2. The Balaban J connectivity index is 1.71. The number of hydrogen-bond donors (Lipinski definition) is 0. The number of rotatable bonds is 7. The minimum absolute atomic E-state index is 0.0143. The Bertz CT molecular complexity index is 766. The Morgan fingerprint density at radius 1 is 1.41 bits per heavy atom. The summed E-state index contributed by atoms with van der Waals surface area (Å²) < 4.78 is 36.4. The summed E-state index contributed by atoms with van der Waals surface area (Å²) in [6, 6.07) is 5.93. The van der Waals surface area contributed by atoms with Gasteiger partial charge in [0, 0.05) is 50.6 Å². The van der Waals surface area contributed by atoms with E-state index < -0.39 is 6.61 Å². The van der Waals surface area contributed by atoms with Gasteiger partial charge in [0.2, 0.25) is 0 Å². The van der Waals surface area contributed by atoms with Crippen LogP contribution in [0.3, 0.4) is 0 Å². The molecule has 146 valence electrons. The number of imidazole rings is 1. The molecule has 1 amide bonds. The number of benzene rings is 1. The van der Waals surface area contributed by atoms with E-state index in [1.54, 1.807) is 30.3 Å². The maximum absolute atomic E-state index is 12.8. The van der Waals surface area contributed by atoms with Crippen LogP contribution in [0, 0.1) is 0 Å². The van der Waals surface area contributed by atoms with Crippen molar-refractivity contribution >= 4 is 5.91 Å². The average Bonchev–Trinajstić information content (AvgIpc) is 3.14. The van der Waals surface area contributed by atoms with Crippen LogP contribution in [0.1, 0.15) is 34.9 Å². The number of nitrogens with zero attached hydrogens (tertiary/aromatic N) is 3. The number of alkyl halides is 2. The van der Waals surface area contributed by atoms with Crippen LogP contribution in [0.25, 0.3) is 0 Å². The SMILES string of the molecule is COCCn1ccnc1[C@H]1CCCN(C(=O)c2cccc(OC(F)F)c2)C1. The fourth-order valence-corrected chi connectivity index (χ4v) is 3.42. The fourth-order valence-electron chi connectivity index (χ4n) is 3.42. The quantitative estimate of drug-likeness (QED) is 0.742. The molecule has 0 saturated carbocycles. The van der Waals surface area contributed by atoms with Crippen LogP contribution < -0.4 is 4.74 Å². The van der Waals surface area contributed by atoms with Crippen LogP contribution in [-0.4, -0.2) is 53.8 Å². The van der Waals surface area contributed by atoms with Crippen molar-refractivity contribution in [1.82, 2.24) is 14.5 Å². The summed E-state index contributed by atoms with van der Waals surface area (Å²) in [5, 5.41) is 0. The minimum atomic E-state index is -2.92. The summed E-state index contributed by atoms with van der Waals surface area (Å²) >= 11 is 0. The maximum Gasteiger partial charge on any atom is 0.387 e. The monoisotopic (exact) mass is 379 g/mol. The molecule has 1 aliphatic rings. The molecule has 2 heterocycles. The number of likely N-dealkylation sites (tertiary alicyclic amines) is 1. The topological polar surface area (TPSA) is 56.6 Å². The Hall–Kier alpha value is -2.48. The molecule has 1 aromatic heterocycles. The van der Waals surface area contributed by atoms with E-state index >= 15 is 0 Å². The van der Waals surface area contributed by atoms with Crippen molar-refractivity contribution in [2.75, 3.05) is 26.8 Å². The van der Waals surface area contributed by atoms with E-state index in [4.69, 9.17) is 4.74 Å². The van der Waals surface area contributed by atoms with Gasteiger partial charge in [-0.2, -0.15) is 8.78 Å². The van der Waals surface area contributed by atoms with Crippen molar-refractivity contribution in [3.63, 3.8) is 0 Å². The first-order chi connectivity index (χ1) is 13.1. The lowest BCUT2D eigenvalue weighted by molar-refractivity contribution is -0.0499. The lowest BCUT2D eigenvalue weighted by Crippen LogP contribution is -2.39. The predicted octanol–water partition coefficient (Wildman–Crippen LogP) is 3.15. The highest BCUT2D eigenvalue weighted by atomic mass is 19.3. The molecule has 0 N–H and O–H groups in total. The summed E-state index contributed by atoms with van der Waals surface area (Å²) in [5.41, 5.74) is 0.344. The normalized spacial score (nSPS) is 17.3. The number of ether oxygens (including phenoxy) is 2. The lowest BCUT2D eigenvalue weighted by Gasteiger charge is -2.33. The Morgan fingerprint density at radius 2 is 2.26 bits per heavy atom. The second kappa shape index (κ2) is 8.94. The molecule has 2 aromatic rings. The molecule has 0 spiro atoms. The van der Waals surface area contributed by atoms with Crippen molar-refractivity contribution in [2.24, 2.45) is 0 Å². The largest absolute Gasteiger partial charge is 0.435 e. The zero-order chi connectivity index (χ0) is 19.2. The number of methoxy groups -OCH3 is 1. The van der Waals surface area contributed by atoms with Gasteiger partial charge in [-0.15, -0.1) is 0 Å². The Kier molecular flexibility index (Phi) is 6.39. The van der Waals surface area contributed by atoms with Crippen LogP contribution in [0.5, 0.6) is 5.75 Å². The van der Waals surface area contributed by atoms with E-state index in [9.17, 15) is 13.6 Å². The predicted molar refractivity (Wildman–Crippen MR) is 95.1 cm³/mol. The number of amides is 1. The van der Waals surface area contributed by atoms with Crippen molar-refractivity contribution in [2.45, 2.75) is 31.9 Å². The van der Waals surface area contributed by atoms with E-state index in [0.29, 0.717) is 31.8 Å². The van der Waals surface area contributed by atoms with Gasteiger partial charge in [-0.25, -0.2) is 4.98 Å². The minimum Gasteiger partial charge on any atom is -0.435 e. The number of aromatic nitrogens is 2. The third-order valence-corrected chi connectivity index (χ3v) is 4.66. The molecule has 0 bridgehead atoms. The summed E-state index contributed by atoms with van der Waals surface area (Å²) in [4.78, 5) is 19.1. The van der Waals surface area contributed by atoms with Gasteiger partial charge in [-0.05, 0) is 31.0 Å². The van der Waals surface area contributed by atoms with Crippen molar-refractivity contribution < 1.29 is 23.0 Å². The third-order valence-electron chi connectivity index (χ3n) is 4.66. The molecule has 8 heteroatoms. The van der Waals surface area contributed by atoms with Gasteiger partial charge in [0.25, 0.3) is 5.91 Å². The first-order valence-corrected chi connectivity index (χ1v) is 8.92. The number of piperidine rings is 1. The molecule has 27 heavy (non-hydrogen) atoms. The lowest BCUT2D eigenvalue weighted by atomic mass is 9.96. The van der Waals surface area contributed by atoms with Gasteiger partial charge in [-0.1, -0.05) is 6.07 Å². The zero-order valence-corrected chi connectivity index (χ0v) is 15.2. The molecular formula is C19H23F2N3O3. The summed E-state index contributed by atoms with van der Waals surface area (Å²) in [6.45, 7) is -0.434. The van der Waals surface area contributed by atoms with Gasteiger partial charge in [0.05, 0.1) is 6.61 Å². The summed E-state index contributed by atoms with van der Waals surface area (Å²) in [5.74, 6) is 0.878. The van der Waals surface area contributed by atoms with Gasteiger partial charge in [0.1, 0.15) is 11.6 Å². The van der Waals surface area contributed by atoms with Crippen LogP contribution >= 0.6 is 0 Å². The highest BCUT2D eigenvalue weighted by Gasteiger charge is 2.28. The van der Waals surface area contributed by atoms with E-state index in [2.05, 4.69) is 14.3 Å². The number of halogens is 2. The van der Waals surface area contributed by atoms with Gasteiger partial charge >= 0.3 is 6.61 Å². The van der Waals surface area contributed by atoms with E-state index in [1.807, 2.05) is 6.20 Å². The van der Waals surface area contributed by atoms with Gasteiger partial charge < -0.3 is 18.9 Å². The van der Waals surface area contributed by atoms with Crippen LogP contribution in [0.2, 0.25) is 0 Å². The van der Waals surface area contributed by atoms with Crippen LogP contribution in [-0.2, 0) is 11.3 Å². The molecule has 0 unspecified atom stereocenters. The summed E-state index contributed by atoms with van der Waals surface area (Å²) in [6.07, 6.45) is 5.49. The van der Waals surface area contributed by atoms with E-state index in [1.165, 1.54) is 12.1 Å². The van der Waals surface area contributed by atoms with Crippen LogP contribution in [0.4, 0.5) is 8.78 Å². The highest BCUT2D eigenvalue weighted by Crippen LogP contribution is 2.27. The standard InChI is InChI=1S/C19H23F2N3O3/c1-26-11-10-23-9-7-22-17(23)15-5-3-8-24(13-15)18(25)14-4-2-6-16(12-14)27-19(20)21/h2,4,6-7,9,12,15,19H,3,5,8,10-11,13H2,1H3/t15-/m0/s1. The van der Waals surface area contributed by atoms with Crippen molar-refractivity contribution in [3.8, 4) is 5.75 Å². The molecule has 1 aromatic carbocycles. The van der Waals surface area contributed by atoms with Gasteiger partial charge in [-0.3, -0.25) is 4.79 Å². The number of hydrogen-bond acceptors (Lipinski definition) is 4. The fraction of sp³-hybridized carbons (Fsp3) is 0.474. The Morgan fingerprint density at radius 3 is 3.04 bits per heavy atom. The van der Waals surface area contributed by atoms with Crippen LogP contribution in [0.15, 0.2) is 36.7 Å². The molecule has 1 atom stereocenters.